The lowest BCUT2D eigenvalue weighted by Crippen LogP contribution is -2.60. The van der Waals surface area contributed by atoms with Crippen molar-refractivity contribution in [2.45, 2.75) is 43.7 Å². The molecule has 0 aromatic carbocycles. The highest BCUT2D eigenvalue weighted by Gasteiger charge is 2.44. The van der Waals surface area contributed by atoms with Gasteiger partial charge in [-0.15, -0.1) is 0 Å². The summed E-state index contributed by atoms with van der Waals surface area (Å²) in [7, 11) is 0. The fourth-order valence-electron chi connectivity index (χ4n) is 1.29. The Kier molecular flexibility index (Phi) is 3.23. The molecule has 6 atom stereocenters. The summed E-state index contributed by atoms with van der Waals surface area (Å²) in [5.41, 5.74) is 0. The molecular weight excluding hydrogens is 180 g/mol. The van der Waals surface area contributed by atoms with E-state index in [0.717, 1.165) is 0 Å². The summed E-state index contributed by atoms with van der Waals surface area (Å²) in [4.78, 5) is 0. The van der Waals surface area contributed by atoms with E-state index in [1.165, 1.54) is 6.92 Å². The number of rotatable bonds is 1. The van der Waals surface area contributed by atoms with Crippen LogP contribution in [0.1, 0.15) is 6.92 Å². The van der Waals surface area contributed by atoms with E-state index in [9.17, 15) is 10.2 Å². The maximum Gasteiger partial charge on any atom is 0.184 e. The molecule has 1 unspecified atom stereocenters. The lowest BCUT2D eigenvalue weighted by atomic mass is 9.96. The van der Waals surface area contributed by atoms with Crippen molar-refractivity contribution in [1.82, 2.24) is 0 Å². The van der Waals surface area contributed by atoms with Crippen LogP contribution in [0.2, 0.25) is 0 Å². The highest BCUT2D eigenvalue weighted by molar-refractivity contribution is 4.90. The van der Waals surface area contributed by atoms with Crippen molar-refractivity contribution in [1.29, 1.82) is 0 Å². The average molecular weight is 194 g/mol. The quantitative estimate of drug-likeness (QED) is 0.308. The molecule has 13 heavy (non-hydrogen) atoms. The predicted molar refractivity (Wildman–Crippen MR) is 40.6 cm³/mol. The van der Waals surface area contributed by atoms with Gasteiger partial charge in [0.1, 0.15) is 24.4 Å². The van der Waals surface area contributed by atoms with Gasteiger partial charge >= 0.3 is 0 Å². The van der Waals surface area contributed by atoms with Crippen molar-refractivity contribution in [2.75, 3.05) is 0 Å². The van der Waals surface area contributed by atoms with Gasteiger partial charge in [-0.3, -0.25) is 0 Å². The minimum atomic E-state index is -1.59. The number of ether oxygens (including phenoxy) is 1. The largest absolute Gasteiger partial charge is 0.391 e. The third-order valence-electron chi connectivity index (χ3n) is 2.10. The Morgan fingerprint density at radius 2 is 1.54 bits per heavy atom. The van der Waals surface area contributed by atoms with Crippen LogP contribution in [-0.2, 0) is 4.74 Å². The molecule has 0 spiro atoms. The van der Waals surface area contributed by atoms with Gasteiger partial charge in [-0.25, -0.2) is 0 Å². The SMILES string of the molecule is C[C@H](O)[C@H]1OC(O)[C@@H](O)[C@@H](O)[C@@H]1O. The van der Waals surface area contributed by atoms with Gasteiger partial charge < -0.3 is 30.3 Å². The summed E-state index contributed by atoms with van der Waals surface area (Å²) in [6.07, 6.45) is -8.18. The van der Waals surface area contributed by atoms with Gasteiger partial charge in [0.2, 0.25) is 0 Å². The van der Waals surface area contributed by atoms with Gasteiger partial charge in [-0.2, -0.15) is 0 Å². The molecule has 6 nitrogen and oxygen atoms in total. The lowest BCUT2D eigenvalue weighted by Gasteiger charge is -2.39. The molecule has 1 fully saturated rings. The second-order valence-electron chi connectivity index (χ2n) is 3.20. The molecule has 1 aliphatic rings. The fraction of sp³-hybridized carbons (Fsp3) is 1.00. The van der Waals surface area contributed by atoms with Crippen molar-refractivity contribution in [3.05, 3.63) is 0 Å². The van der Waals surface area contributed by atoms with Crippen LogP contribution in [0.3, 0.4) is 0 Å². The van der Waals surface area contributed by atoms with Crippen LogP contribution >= 0.6 is 0 Å². The van der Waals surface area contributed by atoms with Gasteiger partial charge in [0.05, 0.1) is 6.10 Å². The summed E-state index contributed by atoms with van der Waals surface area (Å²) >= 11 is 0. The maximum absolute atomic E-state index is 9.29. The van der Waals surface area contributed by atoms with Crippen molar-refractivity contribution in [3.8, 4) is 0 Å². The Morgan fingerprint density at radius 3 is 2.00 bits per heavy atom. The summed E-state index contributed by atoms with van der Waals surface area (Å²) < 4.78 is 4.69. The van der Waals surface area contributed by atoms with Gasteiger partial charge in [0, 0.05) is 0 Å². The van der Waals surface area contributed by atoms with E-state index in [0.29, 0.717) is 0 Å². The van der Waals surface area contributed by atoms with Crippen LogP contribution in [0.4, 0.5) is 0 Å². The molecule has 0 aliphatic carbocycles. The minimum absolute atomic E-state index is 1.04. The minimum Gasteiger partial charge on any atom is -0.391 e. The second kappa shape index (κ2) is 3.87. The third kappa shape index (κ3) is 1.98. The Balaban J connectivity index is 2.70. The number of aliphatic hydroxyl groups excluding tert-OH is 5. The fourth-order valence-corrected chi connectivity index (χ4v) is 1.29. The zero-order chi connectivity index (χ0) is 10.2. The van der Waals surface area contributed by atoms with Gasteiger partial charge in [-0.05, 0) is 6.92 Å². The first-order valence-corrected chi connectivity index (χ1v) is 4.01. The zero-order valence-corrected chi connectivity index (χ0v) is 7.11. The topological polar surface area (TPSA) is 110 Å². The molecule has 5 N–H and O–H groups in total. The van der Waals surface area contributed by atoms with Crippen LogP contribution < -0.4 is 0 Å². The van der Waals surface area contributed by atoms with Gasteiger partial charge in [0.25, 0.3) is 0 Å². The standard InChI is InChI=1S/C7H14O6/c1-2(8)6-4(10)3(9)5(11)7(12)13-6/h2-12H,1H3/t2-,3-,4-,5-,6+,7?/m0/s1. The number of hydrogen-bond donors (Lipinski definition) is 5. The highest BCUT2D eigenvalue weighted by atomic mass is 16.6. The molecule has 0 amide bonds. The van der Waals surface area contributed by atoms with E-state index in [2.05, 4.69) is 4.74 Å². The lowest BCUT2D eigenvalue weighted by molar-refractivity contribution is -0.295. The molecule has 0 saturated carbocycles. The van der Waals surface area contributed by atoms with E-state index < -0.39 is 36.8 Å². The van der Waals surface area contributed by atoms with Crippen LogP contribution in [0.15, 0.2) is 0 Å². The molecule has 1 rings (SSSR count). The van der Waals surface area contributed by atoms with Crippen molar-refractivity contribution >= 4 is 0 Å². The molecule has 0 radical (unpaired) electrons. The monoisotopic (exact) mass is 194 g/mol. The molecular formula is C7H14O6. The third-order valence-corrected chi connectivity index (χ3v) is 2.10. The second-order valence-corrected chi connectivity index (χ2v) is 3.20. The molecule has 0 aromatic rings. The number of hydrogen-bond acceptors (Lipinski definition) is 6. The molecule has 0 aromatic heterocycles. The summed E-state index contributed by atoms with van der Waals surface area (Å²) in [6, 6.07) is 0. The molecule has 1 heterocycles. The van der Waals surface area contributed by atoms with E-state index in [1.54, 1.807) is 0 Å². The van der Waals surface area contributed by atoms with Crippen molar-refractivity contribution in [3.63, 3.8) is 0 Å². The van der Waals surface area contributed by atoms with E-state index >= 15 is 0 Å². The Morgan fingerprint density at radius 1 is 1.00 bits per heavy atom. The molecule has 0 bridgehead atoms. The van der Waals surface area contributed by atoms with E-state index in [-0.39, 0.29) is 0 Å². The normalized spacial score (nSPS) is 48.9. The first-order valence-electron chi connectivity index (χ1n) is 4.01. The van der Waals surface area contributed by atoms with Crippen molar-refractivity contribution in [2.24, 2.45) is 0 Å². The van der Waals surface area contributed by atoms with Crippen molar-refractivity contribution < 1.29 is 30.3 Å². The first-order chi connectivity index (χ1) is 5.95. The van der Waals surface area contributed by atoms with Crippen LogP contribution in [0.25, 0.3) is 0 Å². The summed E-state index contributed by atoms with van der Waals surface area (Å²) in [5.74, 6) is 0. The Hall–Kier alpha value is -0.240. The van der Waals surface area contributed by atoms with Gasteiger partial charge in [-0.1, -0.05) is 0 Å². The number of aliphatic hydroxyl groups is 5. The highest BCUT2D eigenvalue weighted by Crippen LogP contribution is 2.21. The summed E-state index contributed by atoms with van der Waals surface area (Å²) in [5, 5.41) is 45.6. The van der Waals surface area contributed by atoms with Crippen LogP contribution in [0, 0.1) is 0 Å². The zero-order valence-electron chi connectivity index (χ0n) is 7.11. The molecule has 1 aliphatic heterocycles. The predicted octanol–water partition coefficient (Wildman–Crippen LogP) is -2.83. The molecule has 6 heteroatoms. The van der Waals surface area contributed by atoms with Crippen LogP contribution in [0.5, 0.6) is 0 Å². The Labute approximate surface area is 75.0 Å². The van der Waals surface area contributed by atoms with Crippen LogP contribution in [-0.4, -0.2) is 62.3 Å². The summed E-state index contributed by atoms with van der Waals surface area (Å²) in [6.45, 7) is 1.35. The maximum atomic E-state index is 9.29. The first kappa shape index (κ1) is 10.8. The average Bonchev–Trinajstić information content (AvgIpc) is 2.07. The molecule has 1 saturated heterocycles. The molecule has 78 valence electrons. The van der Waals surface area contributed by atoms with Gasteiger partial charge in [0.15, 0.2) is 6.29 Å². The Bertz CT molecular complexity index is 172. The smallest absolute Gasteiger partial charge is 0.184 e. The van der Waals surface area contributed by atoms with E-state index in [4.69, 9.17) is 15.3 Å². The van der Waals surface area contributed by atoms with E-state index in [1.807, 2.05) is 0 Å².